The summed E-state index contributed by atoms with van der Waals surface area (Å²) in [4.78, 5) is 11.7. The summed E-state index contributed by atoms with van der Waals surface area (Å²) in [5, 5.41) is 0. The first-order valence-corrected chi connectivity index (χ1v) is 7.75. The Labute approximate surface area is 122 Å². The molecule has 0 aromatic heterocycles. The summed E-state index contributed by atoms with van der Waals surface area (Å²) >= 11 is 0. The molecule has 1 rings (SSSR count). The predicted molar refractivity (Wildman–Crippen MR) is 74.6 cm³/mol. The van der Waals surface area contributed by atoms with Gasteiger partial charge in [-0.2, -0.15) is 0 Å². The molecule has 1 aromatic carbocycles. The number of sulfone groups is 1. The number of ether oxygens (including phenoxy) is 1. The van der Waals surface area contributed by atoms with Crippen LogP contribution in [0.15, 0.2) is 12.1 Å². The van der Waals surface area contributed by atoms with Gasteiger partial charge in [0.15, 0.2) is 21.5 Å². The highest BCUT2D eigenvalue weighted by Crippen LogP contribution is 2.19. The third-order valence-corrected chi connectivity index (χ3v) is 5.40. The number of benzene rings is 1. The van der Waals surface area contributed by atoms with Gasteiger partial charge < -0.3 is 10.5 Å². The van der Waals surface area contributed by atoms with Gasteiger partial charge in [-0.25, -0.2) is 22.0 Å². The lowest BCUT2D eigenvalue weighted by molar-refractivity contribution is 0.0529. The van der Waals surface area contributed by atoms with E-state index in [2.05, 4.69) is 0 Å². The van der Waals surface area contributed by atoms with Gasteiger partial charge in [-0.3, -0.25) is 0 Å². The Morgan fingerprint density at radius 2 is 1.76 bits per heavy atom. The Bertz CT molecular complexity index is 651. The number of rotatable bonds is 4. The van der Waals surface area contributed by atoms with E-state index < -0.39 is 38.8 Å². The van der Waals surface area contributed by atoms with Crippen LogP contribution in [-0.4, -0.2) is 31.5 Å². The van der Waals surface area contributed by atoms with E-state index in [-0.39, 0.29) is 17.0 Å². The van der Waals surface area contributed by atoms with Crippen molar-refractivity contribution in [2.24, 2.45) is 0 Å². The summed E-state index contributed by atoms with van der Waals surface area (Å²) in [5.74, 6) is -3.79. The van der Waals surface area contributed by atoms with Crippen LogP contribution in [-0.2, 0) is 14.6 Å². The Morgan fingerprint density at radius 3 is 2.29 bits per heavy atom. The molecule has 0 aliphatic heterocycles. The number of carbonyl (C=O) groups is 1. The standard InChI is InChI=1S/C13H17F2NO4S/c1-13(2,3)21(18,19)5-4-20-12(17)8-6-9(14)10(15)7-11(8)16/h6-7H,4-5,16H2,1-3H3. The van der Waals surface area contributed by atoms with Gasteiger partial charge in [-0.15, -0.1) is 0 Å². The van der Waals surface area contributed by atoms with Crippen LogP contribution in [0, 0.1) is 11.6 Å². The largest absolute Gasteiger partial charge is 0.461 e. The second-order valence-corrected chi connectivity index (χ2v) is 8.28. The zero-order valence-corrected chi connectivity index (χ0v) is 12.8. The first-order valence-electron chi connectivity index (χ1n) is 6.09. The molecule has 1 aromatic rings. The van der Waals surface area contributed by atoms with Crippen molar-refractivity contribution in [2.45, 2.75) is 25.5 Å². The van der Waals surface area contributed by atoms with Crippen molar-refractivity contribution in [1.29, 1.82) is 0 Å². The van der Waals surface area contributed by atoms with Gasteiger partial charge in [0.05, 0.1) is 16.1 Å². The maximum Gasteiger partial charge on any atom is 0.340 e. The van der Waals surface area contributed by atoms with Crippen LogP contribution >= 0.6 is 0 Å². The Kier molecular flexibility index (Phi) is 4.93. The van der Waals surface area contributed by atoms with Gasteiger partial charge in [0.2, 0.25) is 0 Å². The monoisotopic (exact) mass is 321 g/mol. The molecule has 0 spiro atoms. The van der Waals surface area contributed by atoms with Crippen molar-refractivity contribution in [2.75, 3.05) is 18.1 Å². The summed E-state index contributed by atoms with van der Waals surface area (Å²) in [6.45, 7) is 4.18. The molecule has 5 nitrogen and oxygen atoms in total. The molecule has 21 heavy (non-hydrogen) atoms. The van der Waals surface area contributed by atoms with E-state index in [1.807, 2.05) is 0 Å². The van der Waals surface area contributed by atoms with E-state index in [9.17, 15) is 22.0 Å². The van der Waals surface area contributed by atoms with Gasteiger partial charge in [-0.1, -0.05) is 0 Å². The van der Waals surface area contributed by atoms with Crippen molar-refractivity contribution >= 4 is 21.5 Å². The zero-order valence-electron chi connectivity index (χ0n) is 11.9. The van der Waals surface area contributed by atoms with E-state index in [1.54, 1.807) is 0 Å². The van der Waals surface area contributed by atoms with Crippen LogP contribution in [0.5, 0.6) is 0 Å². The lowest BCUT2D eigenvalue weighted by Gasteiger charge is -2.18. The van der Waals surface area contributed by atoms with E-state index in [1.165, 1.54) is 20.8 Å². The van der Waals surface area contributed by atoms with Crippen molar-refractivity contribution in [3.63, 3.8) is 0 Å². The molecule has 0 unspecified atom stereocenters. The third kappa shape index (κ3) is 4.13. The highest BCUT2D eigenvalue weighted by atomic mass is 32.2. The fourth-order valence-corrected chi connectivity index (χ4v) is 2.28. The van der Waals surface area contributed by atoms with Crippen LogP contribution in [0.25, 0.3) is 0 Å². The van der Waals surface area contributed by atoms with Crippen LogP contribution in [0.2, 0.25) is 0 Å². The minimum atomic E-state index is -3.44. The van der Waals surface area contributed by atoms with Crippen molar-refractivity contribution in [3.05, 3.63) is 29.3 Å². The van der Waals surface area contributed by atoms with E-state index in [4.69, 9.17) is 10.5 Å². The lowest BCUT2D eigenvalue weighted by Crippen LogP contribution is -2.32. The molecule has 0 bridgehead atoms. The summed E-state index contributed by atoms with van der Waals surface area (Å²) in [7, 11) is -3.44. The minimum absolute atomic E-state index is 0.280. The van der Waals surface area contributed by atoms with Gasteiger partial charge in [0, 0.05) is 11.8 Å². The normalized spacial score (nSPS) is 12.2. The molecule has 118 valence electrons. The van der Waals surface area contributed by atoms with Gasteiger partial charge in [0.25, 0.3) is 0 Å². The number of carbonyl (C=O) groups excluding carboxylic acids is 1. The molecule has 0 amide bonds. The highest BCUT2D eigenvalue weighted by molar-refractivity contribution is 7.92. The van der Waals surface area contributed by atoms with Gasteiger partial charge in [-0.05, 0) is 26.8 Å². The average Bonchev–Trinajstić information content (AvgIpc) is 2.31. The number of esters is 1. The Hall–Kier alpha value is -1.70. The van der Waals surface area contributed by atoms with E-state index in [0.717, 1.165) is 0 Å². The second kappa shape index (κ2) is 5.97. The SMILES string of the molecule is CC(C)(C)S(=O)(=O)CCOC(=O)c1cc(F)c(F)cc1N. The number of hydrogen-bond donors (Lipinski definition) is 1. The second-order valence-electron chi connectivity index (χ2n) is 5.42. The van der Waals surface area contributed by atoms with E-state index in [0.29, 0.717) is 12.1 Å². The molecule has 0 radical (unpaired) electrons. The lowest BCUT2D eigenvalue weighted by atomic mass is 10.1. The topological polar surface area (TPSA) is 86.5 Å². The van der Waals surface area contributed by atoms with Gasteiger partial charge in [0.1, 0.15) is 6.61 Å². The molecule has 0 saturated carbocycles. The average molecular weight is 321 g/mol. The molecule has 8 heteroatoms. The molecule has 0 aliphatic carbocycles. The van der Waals surface area contributed by atoms with Crippen molar-refractivity contribution in [3.8, 4) is 0 Å². The zero-order chi connectivity index (χ0) is 16.4. The summed E-state index contributed by atoms with van der Waals surface area (Å²) in [5.41, 5.74) is 4.77. The molecular formula is C13H17F2NO4S. The fourth-order valence-electron chi connectivity index (χ4n) is 1.37. The first kappa shape index (κ1) is 17.4. The molecule has 0 atom stereocenters. The number of halogens is 2. The highest BCUT2D eigenvalue weighted by Gasteiger charge is 2.29. The quantitative estimate of drug-likeness (QED) is 0.676. The maximum atomic E-state index is 13.1. The van der Waals surface area contributed by atoms with Crippen LogP contribution in [0.4, 0.5) is 14.5 Å². The van der Waals surface area contributed by atoms with Crippen LogP contribution in [0.1, 0.15) is 31.1 Å². The summed E-state index contributed by atoms with van der Waals surface area (Å²) in [6, 6.07) is 1.28. The maximum absolute atomic E-state index is 13.1. The van der Waals surface area contributed by atoms with Crippen LogP contribution in [0.3, 0.4) is 0 Å². The van der Waals surface area contributed by atoms with Crippen molar-refractivity contribution in [1.82, 2.24) is 0 Å². The molecular weight excluding hydrogens is 304 g/mol. The number of nitrogen functional groups attached to an aromatic ring is 1. The molecule has 2 N–H and O–H groups in total. The van der Waals surface area contributed by atoms with Gasteiger partial charge >= 0.3 is 5.97 Å². The van der Waals surface area contributed by atoms with Crippen LogP contribution < -0.4 is 5.73 Å². The molecule has 0 fully saturated rings. The summed E-state index contributed by atoms with van der Waals surface area (Å²) in [6.07, 6.45) is 0. The Balaban J connectivity index is 2.74. The molecule has 0 heterocycles. The first-order chi connectivity index (χ1) is 9.45. The Morgan fingerprint density at radius 1 is 1.24 bits per heavy atom. The minimum Gasteiger partial charge on any atom is -0.461 e. The fraction of sp³-hybridized carbons (Fsp3) is 0.462. The molecule has 0 aliphatic rings. The van der Waals surface area contributed by atoms with E-state index >= 15 is 0 Å². The molecule has 0 saturated heterocycles. The third-order valence-electron chi connectivity index (χ3n) is 2.83. The van der Waals surface area contributed by atoms with Crippen molar-refractivity contribution < 1.29 is 26.7 Å². The predicted octanol–water partition coefficient (Wildman–Crippen LogP) is 1.92. The number of anilines is 1. The smallest absolute Gasteiger partial charge is 0.340 e. The number of hydrogen-bond acceptors (Lipinski definition) is 5. The number of nitrogens with two attached hydrogens (primary N) is 1. The summed E-state index contributed by atoms with van der Waals surface area (Å²) < 4.78 is 53.3.